The molecule has 2 nitrogen and oxygen atoms in total. The average Bonchev–Trinajstić information content (AvgIpc) is 2.37. The van der Waals surface area contributed by atoms with E-state index in [0.29, 0.717) is 0 Å². The van der Waals surface area contributed by atoms with Gasteiger partial charge in [0.2, 0.25) is 0 Å². The zero-order valence-electron chi connectivity index (χ0n) is 12.0. The van der Waals surface area contributed by atoms with Gasteiger partial charge in [0, 0.05) is 18.8 Å². The van der Waals surface area contributed by atoms with Crippen molar-refractivity contribution >= 4 is 5.69 Å². The van der Waals surface area contributed by atoms with Crippen LogP contribution in [-0.4, -0.2) is 19.6 Å². The molecule has 0 atom stereocenters. The lowest BCUT2D eigenvalue weighted by atomic mass is 10.1. The Kier molecular flexibility index (Phi) is 8.32. The zero-order chi connectivity index (χ0) is 13.1. The fourth-order valence-corrected chi connectivity index (χ4v) is 2.03. The molecule has 0 aliphatic heterocycles. The second-order valence-electron chi connectivity index (χ2n) is 4.96. The van der Waals surface area contributed by atoms with Crippen molar-refractivity contribution in [2.45, 2.75) is 46.0 Å². The van der Waals surface area contributed by atoms with Gasteiger partial charge in [0.25, 0.3) is 0 Å². The van der Waals surface area contributed by atoms with Gasteiger partial charge >= 0.3 is 0 Å². The van der Waals surface area contributed by atoms with Gasteiger partial charge in [0.15, 0.2) is 0 Å². The smallest absolute Gasteiger partial charge is 0.0343 e. The Labute approximate surface area is 112 Å². The first-order chi connectivity index (χ1) is 8.83. The Morgan fingerprint density at radius 3 is 2.56 bits per heavy atom. The molecule has 0 saturated heterocycles. The molecule has 2 N–H and O–H groups in total. The molecule has 0 heterocycles. The molecule has 0 radical (unpaired) electrons. The van der Waals surface area contributed by atoms with Crippen LogP contribution >= 0.6 is 0 Å². The van der Waals surface area contributed by atoms with Crippen molar-refractivity contribution in [2.75, 3.05) is 25.0 Å². The van der Waals surface area contributed by atoms with Crippen LogP contribution in [0.2, 0.25) is 0 Å². The predicted molar refractivity (Wildman–Crippen MR) is 81.3 cm³/mol. The van der Waals surface area contributed by atoms with Crippen molar-refractivity contribution in [1.29, 1.82) is 0 Å². The molecule has 0 saturated carbocycles. The van der Waals surface area contributed by atoms with E-state index < -0.39 is 0 Å². The predicted octanol–water partition coefficient (Wildman–Crippen LogP) is 3.97. The highest BCUT2D eigenvalue weighted by Gasteiger charge is 1.92. The summed E-state index contributed by atoms with van der Waals surface area (Å²) in [6, 6.07) is 8.53. The molecular formula is C16H28N2. The molecule has 0 aliphatic rings. The highest BCUT2D eigenvalue weighted by molar-refractivity contribution is 5.45. The second kappa shape index (κ2) is 9.95. The Hall–Kier alpha value is -1.02. The van der Waals surface area contributed by atoms with Crippen LogP contribution in [0.1, 0.15) is 44.6 Å². The summed E-state index contributed by atoms with van der Waals surface area (Å²) in [5.41, 5.74) is 2.53. The van der Waals surface area contributed by atoms with Crippen molar-refractivity contribution < 1.29 is 0 Å². The Balaban J connectivity index is 1.92. The van der Waals surface area contributed by atoms with Gasteiger partial charge in [0.05, 0.1) is 0 Å². The Bertz CT molecular complexity index is 310. The molecule has 18 heavy (non-hydrogen) atoms. The zero-order valence-corrected chi connectivity index (χ0v) is 12.0. The summed E-state index contributed by atoms with van der Waals surface area (Å²) in [7, 11) is 0. The summed E-state index contributed by atoms with van der Waals surface area (Å²) < 4.78 is 0. The van der Waals surface area contributed by atoms with Gasteiger partial charge in [-0.1, -0.05) is 44.7 Å². The summed E-state index contributed by atoms with van der Waals surface area (Å²) in [6.45, 7) is 7.58. The normalized spacial score (nSPS) is 10.6. The molecular weight excluding hydrogens is 220 g/mol. The minimum atomic E-state index is 0.998. The molecule has 0 amide bonds. The molecule has 0 aliphatic carbocycles. The van der Waals surface area contributed by atoms with Gasteiger partial charge < -0.3 is 10.6 Å². The fraction of sp³-hybridized carbons (Fsp3) is 0.625. The van der Waals surface area contributed by atoms with E-state index in [2.05, 4.69) is 48.7 Å². The quantitative estimate of drug-likeness (QED) is 0.612. The second-order valence-corrected chi connectivity index (χ2v) is 4.96. The molecule has 0 bridgehead atoms. The third kappa shape index (κ3) is 7.33. The number of unbranched alkanes of at least 4 members (excludes halogenated alkanes) is 4. The van der Waals surface area contributed by atoms with Crippen LogP contribution in [0.25, 0.3) is 0 Å². The summed E-state index contributed by atoms with van der Waals surface area (Å²) in [5, 5.41) is 6.92. The van der Waals surface area contributed by atoms with E-state index in [1.165, 1.54) is 43.4 Å². The highest BCUT2D eigenvalue weighted by atomic mass is 14.9. The lowest BCUT2D eigenvalue weighted by molar-refractivity contribution is 0.589. The first-order valence-electron chi connectivity index (χ1n) is 7.34. The largest absolute Gasteiger partial charge is 0.384 e. The van der Waals surface area contributed by atoms with Gasteiger partial charge in [-0.2, -0.15) is 0 Å². The maximum atomic E-state index is 3.48. The van der Waals surface area contributed by atoms with E-state index in [9.17, 15) is 0 Å². The van der Waals surface area contributed by atoms with Crippen molar-refractivity contribution in [3.8, 4) is 0 Å². The molecule has 0 spiro atoms. The van der Waals surface area contributed by atoms with E-state index in [0.717, 1.165) is 19.6 Å². The standard InChI is InChI=1S/C16H28N2/c1-3-4-5-6-7-11-17-12-13-18-16-10-8-9-15(2)14-16/h8-10,14,17-18H,3-7,11-13H2,1-2H3. The number of benzene rings is 1. The molecule has 1 rings (SSSR count). The molecule has 2 heteroatoms. The monoisotopic (exact) mass is 248 g/mol. The van der Waals surface area contributed by atoms with Crippen LogP contribution in [0.15, 0.2) is 24.3 Å². The van der Waals surface area contributed by atoms with Crippen LogP contribution in [0.4, 0.5) is 5.69 Å². The van der Waals surface area contributed by atoms with E-state index in [1.807, 2.05) is 0 Å². The summed E-state index contributed by atoms with van der Waals surface area (Å²) in [6.07, 6.45) is 6.78. The summed E-state index contributed by atoms with van der Waals surface area (Å²) >= 11 is 0. The maximum Gasteiger partial charge on any atom is 0.0343 e. The summed E-state index contributed by atoms with van der Waals surface area (Å²) in [4.78, 5) is 0. The molecule has 1 aromatic rings. The first kappa shape index (κ1) is 15.0. The molecule has 0 fully saturated rings. The van der Waals surface area contributed by atoms with E-state index in [1.54, 1.807) is 0 Å². The number of rotatable bonds is 10. The van der Waals surface area contributed by atoms with E-state index >= 15 is 0 Å². The van der Waals surface area contributed by atoms with Gasteiger partial charge in [-0.15, -0.1) is 0 Å². The highest BCUT2D eigenvalue weighted by Crippen LogP contribution is 2.08. The molecule has 0 unspecified atom stereocenters. The number of aryl methyl sites for hydroxylation is 1. The first-order valence-corrected chi connectivity index (χ1v) is 7.34. The van der Waals surface area contributed by atoms with Crippen molar-refractivity contribution in [2.24, 2.45) is 0 Å². The van der Waals surface area contributed by atoms with Crippen LogP contribution in [0.5, 0.6) is 0 Å². The van der Waals surface area contributed by atoms with Crippen molar-refractivity contribution in [3.05, 3.63) is 29.8 Å². The van der Waals surface area contributed by atoms with Crippen LogP contribution in [-0.2, 0) is 0 Å². The molecule has 102 valence electrons. The van der Waals surface area contributed by atoms with Gasteiger partial charge in [-0.3, -0.25) is 0 Å². The van der Waals surface area contributed by atoms with Gasteiger partial charge in [0.1, 0.15) is 0 Å². The van der Waals surface area contributed by atoms with Gasteiger partial charge in [-0.05, 0) is 37.6 Å². The minimum absolute atomic E-state index is 0.998. The number of hydrogen-bond donors (Lipinski definition) is 2. The summed E-state index contributed by atoms with van der Waals surface area (Å²) in [5.74, 6) is 0. The SMILES string of the molecule is CCCCCCCNCCNc1cccc(C)c1. The number of anilines is 1. The van der Waals surface area contributed by atoms with E-state index in [-0.39, 0.29) is 0 Å². The number of nitrogens with one attached hydrogen (secondary N) is 2. The topological polar surface area (TPSA) is 24.1 Å². The third-order valence-corrected chi connectivity index (χ3v) is 3.11. The van der Waals surface area contributed by atoms with E-state index in [4.69, 9.17) is 0 Å². The van der Waals surface area contributed by atoms with Crippen LogP contribution < -0.4 is 10.6 Å². The third-order valence-electron chi connectivity index (χ3n) is 3.11. The molecule has 1 aromatic carbocycles. The van der Waals surface area contributed by atoms with Crippen LogP contribution in [0.3, 0.4) is 0 Å². The van der Waals surface area contributed by atoms with Crippen molar-refractivity contribution in [3.63, 3.8) is 0 Å². The average molecular weight is 248 g/mol. The maximum absolute atomic E-state index is 3.48. The lowest BCUT2D eigenvalue weighted by Gasteiger charge is -2.08. The Morgan fingerprint density at radius 1 is 0.944 bits per heavy atom. The molecule has 0 aromatic heterocycles. The number of hydrogen-bond acceptors (Lipinski definition) is 2. The van der Waals surface area contributed by atoms with Gasteiger partial charge in [-0.25, -0.2) is 0 Å². The fourth-order valence-electron chi connectivity index (χ4n) is 2.03. The lowest BCUT2D eigenvalue weighted by Crippen LogP contribution is -2.23. The van der Waals surface area contributed by atoms with Crippen LogP contribution in [0, 0.1) is 6.92 Å². The minimum Gasteiger partial charge on any atom is -0.384 e. The van der Waals surface area contributed by atoms with Crippen molar-refractivity contribution in [1.82, 2.24) is 5.32 Å². The Morgan fingerprint density at radius 2 is 1.78 bits per heavy atom.